The Kier molecular flexibility index (Phi) is 22.0. The maximum Gasteiger partial charge on any atom is 0.408 e. The number of nitrogens with one attached hydrogen (secondary N) is 5. The van der Waals surface area contributed by atoms with Crippen molar-refractivity contribution in [2.75, 3.05) is 7.11 Å². The zero-order valence-electron chi connectivity index (χ0n) is 42.7. The van der Waals surface area contributed by atoms with Crippen LogP contribution in [0.3, 0.4) is 0 Å². The molecule has 7 N–H and O–H groups in total. The number of hydrogen-bond acceptors (Lipinski definition) is 13. The molecule has 0 saturated heterocycles. The molecule has 0 aromatic heterocycles. The lowest BCUT2D eigenvalue weighted by molar-refractivity contribution is -0.156. The third-order valence-electron chi connectivity index (χ3n) is 10.0. The number of benzene rings is 3. The summed E-state index contributed by atoms with van der Waals surface area (Å²) in [6.07, 6.45) is -3.63. The van der Waals surface area contributed by atoms with Gasteiger partial charge < -0.3 is 56.0 Å². The first-order chi connectivity index (χ1) is 33.1. The van der Waals surface area contributed by atoms with E-state index in [4.69, 9.17) is 29.4 Å². The lowest BCUT2D eigenvalue weighted by Crippen LogP contribution is -2.62. The van der Waals surface area contributed by atoms with E-state index >= 15 is 0 Å². The van der Waals surface area contributed by atoms with Gasteiger partial charge in [-0.25, -0.2) is 9.59 Å². The number of methoxy groups -OCH3 is 1. The van der Waals surface area contributed by atoms with Gasteiger partial charge in [0, 0.05) is 19.3 Å². The standard InChI is InChI=1S/C52H72N6O13/c1-32(69-50(2,3)4)43(58-46(63)38(57-49(66)68-31-35-20-16-13-17-21-35)28-34-22-24-36(25-23-34)70-51(5,6)7)47(64)54-37(26-27-41(53)59)44(61)55-39(30-42(60)71-52(8,9)10)45(62)56-40(48(65)67-11)29-33-18-14-12-15-19-33/h12-25,32,37-40,43H,26-31H2,1-11H3,(H2,53,59)(H,54,64)(H,55,61)(H,56,62)(H,57,66)(H,58,63)/t32-,37+,38+,39+,40+,43+/m1/s1. The predicted molar refractivity (Wildman–Crippen MR) is 263 cm³/mol. The van der Waals surface area contributed by atoms with Crippen molar-refractivity contribution in [2.45, 2.75) is 161 Å². The number of ether oxygens (including phenoxy) is 5. The van der Waals surface area contributed by atoms with Gasteiger partial charge in [0.1, 0.15) is 53.8 Å². The molecule has 0 spiro atoms. The number of rotatable bonds is 24. The first-order valence-corrected chi connectivity index (χ1v) is 23.4. The number of carbonyl (C=O) groups excluding carboxylic acids is 8. The summed E-state index contributed by atoms with van der Waals surface area (Å²) in [7, 11) is 1.14. The molecule has 6 atom stereocenters. The summed E-state index contributed by atoms with van der Waals surface area (Å²) in [5, 5.41) is 12.9. The Balaban J connectivity index is 1.99. The third kappa shape index (κ3) is 22.5. The lowest BCUT2D eigenvalue weighted by Gasteiger charge is -2.32. The molecular formula is C52H72N6O13. The van der Waals surface area contributed by atoms with Crippen LogP contribution in [0.1, 0.15) is 105 Å². The quantitative estimate of drug-likeness (QED) is 0.0542. The number of primary amides is 1. The second-order valence-electron chi connectivity index (χ2n) is 19.9. The van der Waals surface area contributed by atoms with E-state index in [-0.39, 0.29) is 19.4 Å². The van der Waals surface area contributed by atoms with Crippen molar-refractivity contribution in [3.63, 3.8) is 0 Å². The summed E-state index contributed by atoms with van der Waals surface area (Å²) in [6, 6.07) is 17.1. The largest absolute Gasteiger partial charge is 0.488 e. The van der Waals surface area contributed by atoms with Crippen LogP contribution in [0.4, 0.5) is 4.79 Å². The minimum atomic E-state index is -1.69. The molecule has 388 valence electrons. The Hall–Kier alpha value is -7.02. The smallest absolute Gasteiger partial charge is 0.408 e. The molecular weight excluding hydrogens is 917 g/mol. The van der Waals surface area contributed by atoms with Crippen LogP contribution in [0, 0.1) is 0 Å². The molecule has 19 nitrogen and oxygen atoms in total. The highest BCUT2D eigenvalue weighted by Gasteiger charge is 2.37. The molecule has 0 heterocycles. The average molecular weight is 989 g/mol. The van der Waals surface area contributed by atoms with Crippen LogP contribution in [0.15, 0.2) is 84.9 Å². The fourth-order valence-electron chi connectivity index (χ4n) is 6.98. The number of esters is 2. The normalized spacial score (nSPS) is 14.1. The van der Waals surface area contributed by atoms with E-state index in [0.29, 0.717) is 22.4 Å². The van der Waals surface area contributed by atoms with Crippen LogP contribution in [-0.2, 0) is 72.0 Å². The molecule has 0 aliphatic rings. The van der Waals surface area contributed by atoms with E-state index < -0.39 is 120 Å². The molecule has 3 rings (SSSR count). The molecule has 0 saturated carbocycles. The van der Waals surface area contributed by atoms with Gasteiger partial charge in [-0.2, -0.15) is 0 Å². The van der Waals surface area contributed by atoms with Gasteiger partial charge in [-0.15, -0.1) is 0 Å². The van der Waals surface area contributed by atoms with Gasteiger partial charge in [0.05, 0.1) is 25.2 Å². The van der Waals surface area contributed by atoms with Gasteiger partial charge in [-0.1, -0.05) is 72.8 Å². The molecule has 3 aromatic rings. The van der Waals surface area contributed by atoms with E-state index in [1.807, 2.05) is 26.8 Å². The van der Waals surface area contributed by atoms with Crippen molar-refractivity contribution in [2.24, 2.45) is 5.73 Å². The number of amides is 6. The molecule has 19 heteroatoms. The van der Waals surface area contributed by atoms with Crippen LogP contribution in [0.25, 0.3) is 0 Å². The van der Waals surface area contributed by atoms with Crippen molar-refractivity contribution in [3.05, 3.63) is 102 Å². The van der Waals surface area contributed by atoms with Crippen LogP contribution in [0.5, 0.6) is 5.75 Å². The van der Waals surface area contributed by atoms with Crippen LogP contribution in [0.2, 0.25) is 0 Å². The molecule has 0 radical (unpaired) electrons. The van der Waals surface area contributed by atoms with Crippen molar-refractivity contribution < 1.29 is 62.0 Å². The highest BCUT2D eigenvalue weighted by Crippen LogP contribution is 2.20. The first-order valence-electron chi connectivity index (χ1n) is 23.4. The zero-order valence-corrected chi connectivity index (χ0v) is 42.7. The fourth-order valence-corrected chi connectivity index (χ4v) is 6.98. The molecule has 0 unspecified atom stereocenters. The summed E-state index contributed by atoms with van der Waals surface area (Å²) in [6.45, 7) is 17.1. The molecule has 0 aliphatic carbocycles. The van der Waals surface area contributed by atoms with E-state index in [2.05, 4.69) is 26.6 Å². The predicted octanol–water partition coefficient (Wildman–Crippen LogP) is 4.26. The number of hydrogen-bond donors (Lipinski definition) is 6. The van der Waals surface area contributed by atoms with Crippen LogP contribution >= 0.6 is 0 Å². The SMILES string of the molecule is COC(=O)[C@H](Cc1ccccc1)NC(=O)[C@H](CC(=O)OC(C)(C)C)NC(=O)[C@H](CCC(N)=O)NC(=O)[C@@H](NC(=O)[C@H](Cc1ccc(OC(C)(C)C)cc1)NC(=O)OCc1ccccc1)[C@@H](C)OC(C)(C)C. The highest BCUT2D eigenvalue weighted by molar-refractivity contribution is 5.97. The van der Waals surface area contributed by atoms with E-state index in [0.717, 1.165) is 7.11 Å². The number of carbonyl (C=O) groups is 8. The van der Waals surface area contributed by atoms with E-state index in [9.17, 15) is 38.4 Å². The topological polar surface area (TPSA) is 269 Å². The minimum Gasteiger partial charge on any atom is -0.488 e. The molecule has 0 bridgehead atoms. The van der Waals surface area contributed by atoms with Gasteiger partial charge in [-0.05, 0) is 104 Å². The van der Waals surface area contributed by atoms with Gasteiger partial charge in [0.15, 0.2) is 0 Å². The van der Waals surface area contributed by atoms with Crippen molar-refractivity contribution >= 4 is 47.6 Å². The lowest BCUT2D eigenvalue weighted by atomic mass is 10.0. The molecule has 3 aromatic carbocycles. The van der Waals surface area contributed by atoms with Gasteiger partial charge >= 0.3 is 18.0 Å². The Morgan fingerprint density at radius 3 is 1.61 bits per heavy atom. The van der Waals surface area contributed by atoms with Crippen molar-refractivity contribution in [1.82, 2.24) is 26.6 Å². The summed E-state index contributed by atoms with van der Waals surface area (Å²) >= 11 is 0. The van der Waals surface area contributed by atoms with Gasteiger partial charge in [0.25, 0.3) is 0 Å². The zero-order chi connectivity index (χ0) is 53.1. The maximum absolute atomic E-state index is 14.5. The maximum atomic E-state index is 14.5. The van der Waals surface area contributed by atoms with Gasteiger partial charge in [-0.3, -0.25) is 28.8 Å². The fraction of sp³-hybridized carbons (Fsp3) is 0.500. The summed E-state index contributed by atoms with van der Waals surface area (Å²) in [4.78, 5) is 109. The molecule has 0 fully saturated rings. The summed E-state index contributed by atoms with van der Waals surface area (Å²) < 4.78 is 28.0. The summed E-state index contributed by atoms with van der Waals surface area (Å²) in [5.41, 5.74) is 5.13. The van der Waals surface area contributed by atoms with Gasteiger partial charge in [0.2, 0.25) is 29.5 Å². The monoisotopic (exact) mass is 989 g/mol. The number of alkyl carbamates (subject to hydrolysis) is 1. The third-order valence-corrected chi connectivity index (χ3v) is 10.0. The second-order valence-corrected chi connectivity index (χ2v) is 19.9. The van der Waals surface area contributed by atoms with Crippen molar-refractivity contribution in [1.29, 1.82) is 0 Å². The Morgan fingerprint density at radius 2 is 1.07 bits per heavy atom. The first kappa shape index (κ1) is 58.3. The highest BCUT2D eigenvalue weighted by atomic mass is 16.6. The minimum absolute atomic E-state index is 0.00445. The Labute approximate surface area is 416 Å². The average Bonchev–Trinajstić information content (AvgIpc) is 3.27. The van der Waals surface area contributed by atoms with Crippen molar-refractivity contribution in [3.8, 4) is 5.75 Å². The van der Waals surface area contributed by atoms with E-state index in [1.165, 1.54) is 6.92 Å². The second kappa shape index (κ2) is 26.8. The summed E-state index contributed by atoms with van der Waals surface area (Å²) in [5.74, 6) is -5.74. The molecule has 6 amide bonds. The Morgan fingerprint density at radius 1 is 0.563 bits per heavy atom. The molecule has 0 aliphatic heterocycles. The van der Waals surface area contributed by atoms with Crippen LogP contribution in [-0.4, -0.2) is 108 Å². The number of nitrogens with two attached hydrogens (primary N) is 1. The Bertz CT molecular complexity index is 2260. The van der Waals surface area contributed by atoms with Crippen LogP contribution < -0.4 is 37.1 Å². The van der Waals surface area contributed by atoms with E-state index in [1.54, 1.807) is 120 Å². The molecule has 71 heavy (non-hydrogen) atoms.